The highest BCUT2D eigenvalue weighted by molar-refractivity contribution is 5.99. The maximum absolute atomic E-state index is 13.8. The maximum Gasteiger partial charge on any atom is 0.256 e. The van der Waals surface area contributed by atoms with Crippen molar-refractivity contribution in [1.82, 2.24) is 15.1 Å². The zero-order chi connectivity index (χ0) is 26.0. The minimum atomic E-state index is -0.975. The molecule has 0 saturated carbocycles. The van der Waals surface area contributed by atoms with Crippen molar-refractivity contribution in [3.63, 3.8) is 0 Å². The smallest absolute Gasteiger partial charge is 0.256 e. The summed E-state index contributed by atoms with van der Waals surface area (Å²) in [6.07, 6.45) is 0.783. The number of piperidine rings is 1. The monoisotopic (exact) mass is 509 g/mol. The molecule has 5 rings (SSSR count). The summed E-state index contributed by atoms with van der Waals surface area (Å²) in [6, 6.07) is 11.6. The van der Waals surface area contributed by atoms with Gasteiger partial charge >= 0.3 is 0 Å². The molecule has 0 bridgehead atoms. The van der Waals surface area contributed by atoms with Gasteiger partial charge in [-0.15, -0.1) is 0 Å². The molecule has 2 aromatic carbocycles. The lowest BCUT2D eigenvalue weighted by atomic mass is 9.96. The highest BCUT2D eigenvalue weighted by atomic mass is 16.7. The summed E-state index contributed by atoms with van der Waals surface area (Å²) in [6.45, 7) is 3.64. The third-order valence-electron chi connectivity index (χ3n) is 7.14. The van der Waals surface area contributed by atoms with E-state index in [2.05, 4.69) is 5.32 Å². The average molecular weight is 510 g/mol. The number of nitrogens with zero attached hydrogens (tertiary/aromatic N) is 2. The van der Waals surface area contributed by atoms with Gasteiger partial charge in [0.1, 0.15) is 11.8 Å². The molecular formula is C27H31N3O7. The Hall–Kier alpha value is -3.63. The highest BCUT2D eigenvalue weighted by Gasteiger charge is 2.54. The van der Waals surface area contributed by atoms with Crippen LogP contribution in [0, 0.1) is 6.92 Å². The molecule has 2 fully saturated rings. The molecule has 10 nitrogen and oxygen atoms in total. The van der Waals surface area contributed by atoms with Gasteiger partial charge in [0, 0.05) is 50.7 Å². The molecule has 1 atom stereocenters. The lowest BCUT2D eigenvalue weighted by Gasteiger charge is -2.44. The molecule has 37 heavy (non-hydrogen) atoms. The first kappa shape index (κ1) is 25.0. The van der Waals surface area contributed by atoms with E-state index in [1.165, 1.54) is 0 Å². The van der Waals surface area contributed by atoms with Gasteiger partial charge in [-0.25, -0.2) is 0 Å². The number of aryl methyl sites for hydroxylation is 1. The van der Waals surface area contributed by atoms with Crippen LogP contribution in [0.2, 0.25) is 0 Å². The Morgan fingerprint density at radius 2 is 1.70 bits per heavy atom. The minimum Gasteiger partial charge on any atom is -0.454 e. The number of fused-ring (bicyclic) bond motifs is 1. The molecule has 0 aromatic heterocycles. The van der Waals surface area contributed by atoms with E-state index in [4.69, 9.17) is 18.9 Å². The Balaban J connectivity index is 1.34. The molecule has 2 aromatic rings. The molecule has 3 aliphatic heterocycles. The predicted molar refractivity (Wildman–Crippen MR) is 132 cm³/mol. The summed E-state index contributed by atoms with van der Waals surface area (Å²) in [5.41, 5.74) is 1.06. The second-order valence-corrected chi connectivity index (χ2v) is 9.46. The quantitative estimate of drug-likeness (QED) is 0.594. The van der Waals surface area contributed by atoms with Crippen molar-refractivity contribution in [3.05, 3.63) is 59.2 Å². The highest BCUT2D eigenvalue weighted by Crippen LogP contribution is 2.39. The second-order valence-electron chi connectivity index (χ2n) is 9.46. The lowest BCUT2D eigenvalue weighted by molar-refractivity contribution is -0.128. The Labute approximate surface area is 215 Å². The van der Waals surface area contributed by atoms with Crippen LogP contribution in [0.5, 0.6) is 11.5 Å². The minimum absolute atomic E-state index is 0.0898. The standard InChI is InChI=1S/C27H31N3O7/c1-18-3-5-19(6-4-18)26(33)30-21(24(31)28-11-14-34-2)16-37-27(30)9-12-29(13-10-27)25(32)20-7-8-22-23(15-20)36-17-35-22/h3-8,15,21H,9-14,16-17H2,1-2H3,(H,28,31)/t21-/m1/s1. The Bertz CT molecular complexity index is 1180. The van der Waals surface area contributed by atoms with Crippen molar-refractivity contribution in [2.24, 2.45) is 0 Å². The van der Waals surface area contributed by atoms with Gasteiger partial charge in [0.05, 0.1) is 13.2 Å². The summed E-state index contributed by atoms with van der Waals surface area (Å²) in [5, 5.41) is 2.84. The fourth-order valence-corrected chi connectivity index (χ4v) is 5.07. The van der Waals surface area contributed by atoms with Gasteiger partial charge in [-0.3, -0.25) is 19.3 Å². The van der Waals surface area contributed by atoms with E-state index in [1.807, 2.05) is 19.1 Å². The van der Waals surface area contributed by atoms with Gasteiger partial charge in [-0.2, -0.15) is 0 Å². The molecule has 0 unspecified atom stereocenters. The second kappa shape index (κ2) is 10.4. The lowest BCUT2D eigenvalue weighted by Crippen LogP contribution is -2.60. The normalized spacial score (nSPS) is 19.8. The maximum atomic E-state index is 13.8. The van der Waals surface area contributed by atoms with Gasteiger partial charge in [0.15, 0.2) is 11.5 Å². The van der Waals surface area contributed by atoms with E-state index in [0.29, 0.717) is 61.7 Å². The number of hydrogen-bond donors (Lipinski definition) is 1. The summed E-state index contributed by atoms with van der Waals surface area (Å²) in [7, 11) is 1.56. The number of amides is 3. The van der Waals surface area contributed by atoms with Gasteiger partial charge in [0.25, 0.3) is 11.8 Å². The van der Waals surface area contributed by atoms with Crippen molar-refractivity contribution in [2.45, 2.75) is 31.5 Å². The topological polar surface area (TPSA) is 107 Å². The molecular weight excluding hydrogens is 478 g/mol. The molecule has 196 valence electrons. The van der Waals surface area contributed by atoms with Gasteiger partial charge < -0.3 is 29.2 Å². The Morgan fingerprint density at radius 1 is 1.00 bits per heavy atom. The number of carbonyl (C=O) groups is 3. The van der Waals surface area contributed by atoms with E-state index in [0.717, 1.165) is 5.56 Å². The zero-order valence-electron chi connectivity index (χ0n) is 21.0. The van der Waals surface area contributed by atoms with Crippen molar-refractivity contribution in [1.29, 1.82) is 0 Å². The molecule has 1 N–H and O–H groups in total. The van der Waals surface area contributed by atoms with Crippen molar-refractivity contribution >= 4 is 17.7 Å². The molecule has 3 aliphatic rings. The zero-order valence-corrected chi connectivity index (χ0v) is 21.0. The van der Waals surface area contributed by atoms with E-state index in [-0.39, 0.29) is 31.1 Å². The van der Waals surface area contributed by atoms with E-state index < -0.39 is 11.8 Å². The SMILES string of the molecule is COCCNC(=O)[C@H]1COC2(CCN(C(=O)c3ccc4c(c3)OCO4)CC2)N1C(=O)c1ccc(C)cc1. The largest absolute Gasteiger partial charge is 0.454 e. The van der Waals surface area contributed by atoms with Gasteiger partial charge in [-0.1, -0.05) is 17.7 Å². The Morgan fingerprint density at radius 3 is 2.43 bits per heavy atom. The van der Waals surface area contributed by atoms with Crippen LogP contribution in [0.1, 0.15) is 39.1 Å². The number of carbonyl (C=O) groups excluding carboxylic acids is 3. The first-order valence-electron chi connectivity index (χ1n) is 12.4. The predicted octanol–water partition coefficient (Wildman–Crippen LogP) is 1.96. The number of nitrogens with one attached hydrogen (secondary N) is 1. The van der Waals surface area contributed by atoms with Crippen LogP contribution in [0.25, 0.3) is 0 Å². The molecule has 2 saturated heterocycles. The molecule has 10 heteroatoms. The third-order valence-corrected chi connectivity index (χ3v) is 7.14. The first-order valence-corrected chi connectivity index (χ1v) is 12.4. The van der Waals surface area contributed by atoms with Gasteiger partial charge in [0.2, 0.25) is 12.7 Å². The molecule has 1 spiro atoms. The molecule has 3 amide bonds. The molecule has 0 aliphatic carbocycles. The molecule has 0 radical (unpaired) electrons. The van der Waals surface area contributed by atoms with Crippen molar-refractivity contribution in [3.8, 4) is 11.5 Å². The van der Waals surface area contributed by atoms with Crippen LogP contribution in [0.15, 0.2) is 42.5 Å². The first-order chi connectivity index (χ1) is 17.9. The number of likely N-dealkylation sites (tertiary alicyclic amines) is 1. The number of rotatable bonds is 6. The third kappa shape index (κ3) is 4.86. The summed E-state index contributed by atoms with van der Waals surface area (Å²) in [5.74, 6) is 0.494. The average Bonchev–Trinajstić information content (AvgIpc) is 3.53. The molecule has 3 heterocycles. The summed E-state index contributed by atoms with van der Waals surface area (Å²) < 4.78 is 22.0. The van der Waals surface area contributed by atoms with E-state index >= 15 is 0 Å². The van der Waals surface area contributed by atoms with Crippen LogP contribution >= 0.6 is 0 Å². The summed E-state index contributed by atoms with van der Waals surface area (Å²) in [4.78, 5) is 43.4. The van der Waals surface area contributed by atoms with E-state index in [9.17, 15) is 14.4 Å². The van der Waals surface area contributed by atoms with Crippen LogP contribution < -0.4 is 14.8 Å². The Kier molecular flexibility index (Phi) is 7.03. The number of methoxy groups -OCH3 is 1. The van der Waals surface area contributed by atoms with Crippen molar-refractivity contribution < 1.29 is 33.3 Å². The number of benzene rings is 2. The number of hydrogen-bond acceptors (Lipinski definition) is 7. The fourth-order valence-electron chi connectivity index (χ4n) is 5.07. The van der Waals surface area contributed by atoms with Crippen LogP contribution in [0.3, 0.4) is 0 Å². The van der Waals surface area contributed by atoms with Crippen LogP contribution in [-0.2, 0) is 14.3 Å². The summed E-state index contributed by atoms with van der Waals surface area (Å²) >= 11 is 0. The van der Waals surface area contributed by atoms with Gasteiger partial charge in [-0.05, 0) is 37.3 Å². The van der Waals surface area contributed by atoms with Crippen LogP contribution in [0.4, 0.5) is 0 Å². The fraction of sp³-hybridized carbons (Fsp3) is 0.444. The number of ether oxygens (including phenoxy) is 4. The van der Waals surface area contributed by atoms with Crippen molar-refractivity contribution in [2.75, 3.05) is 46.8 Å². The van der Waals surface area contributed by atoms with Crippen LogP contribution in [-0.4, -0.2) is 86.0 Å². The van der Waals surface area contributed by atoms with E-state index in [1.54, 1.807) is 47.2 Å².